The number of hydrogen-bond donors (Lipinski definition) is 1. The lowest BCUT2D eigenvalue weighted by Gasteiger charge is -2.19. The molecule has 1 N–H and O–H groups in total. The first-order chi connectivity index (χ1) is 11.3. The molecule has 0 saturated carbocycles. The zero-order valence-electron chi connectivity index (χ0n) is 14.3. The summed E-state index contributed by atoms with van der Waals surface area (Å²) in [5.41, 5.74) is 4.79. The fourth-order valence-electron chi connectivity index (χ4n) is 2.83. The molecule has 0 saturated heterocycles. The van der Waals surface area contributed by atoms with Crippen LogP contribution in [-0.4, -0.2) is 17.7 Å². The molecule has 2 aromatic carbocycles. The van der Waals surface area contributed by atoms with Gasteiger partial charge in [-0.3, -0.25) is 0 Å². The highest BCUT2D eigenvalue weighted by molar-refractivity contribution is 5.93. The number of hydrogen-bond acceptors (Lipinski definition) is 2. The Bertz CT molecular complexity index is 793. The monoisotopic (exact) mass is 322 g/mol. The van der Waals surface area contributed by atoms with Gasteiger partial charge < -0.3 is 9.84 Å². The molecule has 0 unspecified atom stereocenters. The third-order valence-electron chi connectivity index (χ3n) is 4.33. The van der Waals surface area contributed by atoms with Gasteiger partial charge in [0.1, 0.15) is 5.75 Å². The van der Waals surface area contributed by atoms with E-state index in [2.05, 4.69) is 45.0 Å². The summed E-state index contributed by atoms with van der Waals surface area (Å²) in [6.07, 6.45) is 2.14. The van der Waals surface area contributed by atoms with Crippen LogP contribution in [0.4, 0.5) is 0 Å². The maximum atomic E-state index is 11.3. The summed E-state index contributed by atoms with van der Waals surface area (Å²) in [7, 11) is 0. The molecular formula is C21H22O3. The minimum absolute atomic E-state index is 0.124. The molecule has 24 heavy (non-hydrogen) atoms. The van der Waals surface area contributed by atoms with Crippen LogP contribution in [0.15, 0.2) is 48.0 Å². The van der Waals surface area contributed by atoms with Gasteiger partial charge in [0.05, 0.1) is 6.61 Å². The van der Waals surface area contributed by atoms with Crippen molar-refractivity contribution in [3.63, 3.8) is 0 Å². The van der Waals surface area contributed by atoms with Gasteiger partial charge in [0, 0.05) is 17.6 Å². The molecular weight excluding hydrogens is 300 g/mol. The Labute approximate surface area is 142 Å². The minimum atomic E-state index is -0.883. The molecule has 0 fully saturated rings. The quantitative estimate of drug-likeness (QED) is 0.855. The van der Waals surface area contributed by atoms with Crippen LogP contribution in [-0.2, 0) is 10.2 Å². The molecule has 0 aromatic heterocycles. The summed E-state index contributed by atoms with van der Waals surface area (Å²) in [6.45, 7) is 6.98. The van der Waals surface area contributed by atoms with Crippen LogP contribution < -0.4 is 4.74 Å². The van der Waals surface area contributed by atoms with Crippen molar-refractivity contribution in [1.29, 1.82) is 0 Å². The van der Waals surface area contributed by atoms with Crippen LogP contribution in [0.5, 0.6) is 5.75 Å². The molecule has 0 aliphatic carbocycles. The number of rotatable bonds is 2. The summed E-state index contributed by atoms with van der Waals surface area (Å²) in [6, 6.07) is 14.5. The van der Waals surface area contributed by atoms with E-state index in [0.29, 0.717) is 18.6 Å². The van der Waals surface area contributed by atoms with Crippen LogP contribution in [0.2, 0.25) is 0 Å². The molecule has 3 heteroatoms. The SMILES string of the molecule is CC(C)(C)c1ccc(-c2ccc3c(c2)C=C(C(=O)O)CCO3)cc1. The highest BCUT2D eigenvalue weighted by atomic mass is 16.5. The topological polar surface area (TPSA) is 46.5 Å². The van der Waals surface area contributed by atoms with Crippen LogP contribution in [0.3, 0.4) is 0 Å². The van der Waals surface area contributed by atoms with Crippen molar-refractivity contribution in [2.75, 3.05) is 6.61 Å². The largest absolute Gasteiger partial charge is 0.493 e. The van der Waals surface area contributed by atoms with Crippen molar-refractivity contribution in [3.05, 3.63) is 59.2 Å². The summed E-state index contributed by atoms with van der Waals surface area (Å²) >= 11 is 0. The number of carboxylic acid groups (broad SMARTS) is 1. The fraction of sp³-hybridized carbons (Fsp3) is 0.286. The van der Waals surface area contributed by atoms with E-state index in [1.807, 2.05) is 18.2 Å². The van der Waals surface area contributed by atoms with E-state index in [0.717, 1.165) is 22.4 Å². The highest BCUT2D eigenvalue weighted by Gasteiger charge is 2.16. The van der Waals surface area contributed by atoms with Crippen molar-refractivity contribution < 1.29 is 14.6 Å². The van der Waals surface area contributed by atoms with Crippen LogP contribution in [0.1, 0.15) is 38.3 Å². The molecule has 0 atom stereocenters. The third kappa shape index (κ3) is 3.35. The zero-order valence-corrected chi connectivity index (χ0v) is 14.3. The van der Waals surface area contributed by atoms with E-state index >= 15 is 0 Å². The Morgan fingerprint density at radius 2 is 1.71 bits per heavy atom. The second-order valence-corrected chi connectivity index (χ2v) is 7.15. The van der Waals surface area contributed by atoms with Crippen molar-refractivity contribution in [1.82, 2.24) is 0 Å². The Kier molecular flexibility index (Phi) is 4.18. The zero-order chi connectivity index (χ0) is 17.3. The molecule has 0 bridgehead atoms. The van der Waals surface area contributed by atoms with Crippen molar-refractivity contribution in [3.8, 4) is 16.9 Å². The summed E-state index contributed by atoms with van der Waals surface area (Å²) in [5, 5.41) is 9.26. The molecule has 0 spiro atoms. The molecule has 1 heterocycles. The van der Waals surface area contributed by atoms with Gasteiger partial charge in [0.2, 0.25) is 0 Å². The highest BCUT2D eigenvalue weighted by Crippen LogP contribution is 2.32. The average molecular weight is 322 g/mol. The van der Waals surface area contributed by atoms with Crippen LogP contribution in [0, 0.1) is 0 Å². The Hall–Kier alpha value is -2.55. The van der Waals surface area contributed by atoms with E-state index in [-0.39, 0.29) is 5.41 Å². The average Bonchev–Trinajstić information content (AvgIpc) is 2.76. The molecule has 0 radical (unpaired) electrons. The normalized spacial score (nSPS) is 14.2. The van der Waals surface area contributed by atoms with Gasteiger partial charge in [-0.1, -0.05) is 51.1 Å². The second kappa shape index (κ2) is 6.16. The predicted octanol–water partition coefficient (Wildman–Crippen LogP) is 4.90. The fourth-order valence-corrected chi connectivity index (χ4v) is 2.83. The van der Waals surface area contributed by atoms with Gasteiger partial charge in [-0.2, -0.15) is 0 Å². The van der Waals surface area contributed by atoms with Gasteiger partial charge in [0.15, 0.2) is 0 Å². The summed E-state index contributed by atoms with van der Waals surface area (Å²) < 4.78 is 5.67. The number of carbonyl (C=O) groups is 1. The first-order valence-electron chi connectivity index (χ1n) is 8.16. The Balaban J connectivity index is 1.99. The lowest BCUT2D eigenvalue weighted by molar-refractivity contribution is -0.132. The lowest BCUT2D eigenvalue weighted by atomic mass is 9.86. The third-order valence-corrected chi connectivity index (χ3v) is 4.33. The summed E-state index contributed by atoms with van der Waals surface area (Å²) in [5.74, 6) is -0.146. The molecule has 124 valence electrons. The molecule has 0 amide bonds. The maximum absolute atomic E-state index is 11.3. The molecule has 3 nitrogen and oxygen atoms in total. The summed E-state index contributed by atoms with van der Waals surface area (Å²) in [4.78, 5) is 11.3. The van der Waals surface area contributed by atoms with E-state index < -0.39 is 5.97 Å². The number of benzene rings is 2. The van der Waals surface area contributed by atoms with Gasteiger partial charge in [0.25, 0.3) is 0 Å². The first-order valence-corrected chi connectivity index (χ1v) is 8.16. The molecule has 1 aliphatic rings. The standard InChI is InChI=1S/C21H22O3/c1-21(2,3)18-7-4-14(5-8-18)15-6-9-19-17(12-15)13-16(20(22)23)10-11-24-19/h4-9,12-13H,10-11H2,1-3H3,(H,22,23). The molecule has 2 aromatic rings. The molecule has 1 aliphatic heterocycles. The maximum Gasteiger partial charge on any atom is 0.331 e. The predicted molar refractivity (Wildman–Crippen MR) is 96.3 cm³/mol. The Morgan fingerprint density at radius 1 is 1.04 bits per heavy atom. The number of ether oxygens (including phenoxy) is 1. The van der Waals surface area contributed by atoms with Crippen molar-refractivity contribution in [2.24, 2.45) is 0 Å². The number of aliphatic carboxylic acids is 1. The van der Waals surface area contributed by atoms with Crippen molar-refractivity contribution in [2.45, 2.75) is 32.6 Å². The van der Waals surface area contributed by atoms with E-state index in [4.69, 9.17) is 4.74 Å². The Morgan fingerprint density at radius 3 is 2.33 bits per heavy atom. The van der Waals surface area contributed by atoms with Gasteiger partial charge >= 0.3 is 5.97 Å². The number of fused-ring (bicyclic) bond motifs is 1. The minimum Gasteiger partial charge on any atom is -0.493 e. The van der Waals surface area contributed by atoms with Gasteiger partial charge in [-0.15, -0.1) is 0 Å². The second-order valence-electron chi connectivity index (χ2n) is 7.15. The van der Waals surface area contributed by atoms with Gasteiger partial charge in [-0.25, -0.2) is 4.79 Å². The van der Waals surface area contributed by atoms with Gasteiger partial charge in [-0.05, 0) is 40.3 Å². The van der Waals surface area contributed by atoms with Crippen LogP contribution in [0.25, 0.3) is 17.2 Å². The van der Waals surface area contributed by atoms with E-state index in [9.17, 15) is 9.90 Å². The van der Waals surface area contributed by atoms with E-state index in [1.54, 1.807) is 6.08 Å². The lowest BCUT2D eigenvalue weighted by Crippen LogP contribution is -2.10. The number of carboxylic acids is 1. The molecule has 3 rings (SSSR count). The smallest absolute Gasteiger partial charge is 0.331 e. The first kappa shape index (κ1) is 16.3. The van der Waals surface area contributed by atoms with E-state index in [1.165, 1.54) is 5.56 Å². The van der Waals surface area contributed by atoms with Crippen molar-refractivity contribution >= 4 is 12.0 Å². The van der Waals surface area contributed by atoms with Crippen LogP contribution >= 0.6 is 0 Å².